The fourth-order valence-electron chi connectivity index (χ4n) is 4.25. The number of aromatic nitrogens is 2. The molecule has 0 bridgehead atoms. The molecule has 2 aromatic heterocycles. The maximum Gasteiger partial charge on any atom is 0.265 e. The van der Waals surface area contributed by atoms with E-state index in [9.17, 15) is 4.79 Å². The van der Waals surface area contributed by atoms with Crippen molar-refractivity contribution < 1.29 is 18.7 Å². The number of aryl methyl sites for hydroxylation is 1. The van der Waals surface area contributed by atoms with Crippen LogP contribution in [0.1, 0.15) is 40.0 Å². The van der Waals surface area contributed by atoms with Gasteiger partial charge in [-0.1, -0.05) is 11.6 Å². The van der Waals surface area contributed by atoms with Gasteiger partial charge >= 0.3 is 0 Å². The van der Waals surface area contributed by atoms with Gasteiger partial charge in [-0.15, -0.1) is 11.3 Å². The van der Waals surface area contributed by atoms with Gasteiger partial charge in [-0.25, -0.2) is 9.97 Å². The number of ether oxygens (including phenoxy) is 2. The molecule has 4 aromatic rings. The van der Waals surface area contributed by atoms with Gasteiger partial charge in [0.15, 0.2) is 23.0 Å². The van der Waals surface area contributed by atoms with Crippen molar-refractivity contribution in [1.82, 2.24) is 14.9 Å². The largest absolute Gasteiger partial charge is 0.493 e. The number of methoxy groups -OCH3 is 2. The average molecular weight is 498 g/mol. The van der Waals surface area contributed by atoms with Crippen LogP contribution >= 0.6 is 22.9 Å². The highest BCUT2D eigenvalue weighted by Gasteiger charge is 2.29. The molecule has 0 radical (unpaired) electrons. The monoisotopic (exact) mass is 497 g/mol. The number of amides is 1. The first-order valence-electron chi connectivity index (χ1n) is 11.0. The van der Waals surface area contributed by atoms with Crippen molar-refractivity contribution in [3.8, 4) is 22.1 Å². The number of fused-ring (bicyclic) bond motifs is 1. The first-order valence-corrected chi connectivity index (χ1v) is 12.2. The molecule has 176 valence electrons. The first-order chi connectivity index (χ1) is 16.5. The number of hydrogen-bond acceptors (Lipinski definition) is 7. The molecule has 0 unspecified atom stereocenters. The van der Waals surface area contributed by atoms with Crippen LogP contribution in [-0.4, -0.2) is 48.1 Å². The van der Waals surface area contributed by atoms with Crippen molar-refractivity contribution in [3.63, 3.8) is 0 Å². The molecule has 1 saturated heterocycles. The number of carbonyl (C=O) groups is 1. The quantitative estimate of drug-likeness (QED) is 0.339. The zero-order valence-electron chi connectivity index (χ0n) is 19.1. The van der Waals surface area contributed by atoms with Gasteiger partial charge in [0.2, 0.25) is 0 Å². The fourth-order valence-corrected chi connectivity index (χ4v) is 5.45. The standard InChI is InChI=1S/C25H24ClN3O4S/c1-14-22(34-24(27-14)16-4-6-20(31-2)21(12-16)32-3)25(30)29-10-8-15(9-11-29)23-28-18-13-17(26)5-7-19(18)33-23/h4-7,12-13,15H,8-11H2,1-3H3. The summed E-state index contributed by atoms with van der Waals surface area (Å²) in [5.74, 6) is 2.20. The van der Waals surface area contributed by atoms with Gasteiger partial charge < -0.3 is 18.8 Å². The predicted octanol–water partition coefficient (Wildman–Crippen LogP) is 5.95. The second-order valence-electron chi connectivity index (χ2n) is 8.23. The predicted molar refractivity (Wildman–Crippen MR) is 132 cm³/mol. The Morgan fingerprint density at radius 1 is 1.09 bits per heavy atom. The van der Waals surface area contributed by atoms with Crippen molar-refractivity contribution >= 4 is 39.9 Å². The fraction of sp³-hybridized carbons (Fsp3) is 0.320. The lowest BCUT2D eigenvalue weighted by Gasteiger charge is -2.30. The van der Waals surface area contributed by atoms with Crippen molar-refractivity contribution in [2.24, 2.45) is 0 Å². The minimum absolute atomic E-state index is 0.0181. The van der Waals surface area contributed by atoms with Crippen LogP contribution in [0.2, 0.25) is 5.02 Å². The summed E-state index contributed by atoms with van der Waals surface area (Å²) in [6, 6.07) is 11.1. The number of halogens is 1. The number of oxazole rings is 1. The Morgan fingerprint density at radius 2 is 1.85 bits per heavy atom. The summed E-state index contributed by atoms with van der Waals surface area (Å²) in [6.45, 7) is 3.17. The number of benzene rings is 2. The second kappa shape index (κ2) is 9.27. The van der Waals surface area contributed by atoms with Crippen LogP contribution in [0, 0.1) is 6.92 Å². The molecule has 1 amide bonds. The summed E-state index contributed by atoms with van der Waals surface area (Å²) in [5.41, 5.74) is 3.13. The van der Waals surface area contributed by atoms with E-state index in [1.54, 1.807) is 20.3 Å². The third-order valence-corrected chi connectivity index (χ3v) is 7.55. The number of rotatable bonds is 5. The second-order valence-corrected chi connectivity index (χ2v) is 9.67. The zero-order valence-corrected chi connectivity index (χ0v) is 20.7. The number of carbonyl (C=O) groups excluding carboxylic acids is 1. The molecule has 9 heteroatoms. The topological polar surface area (TPSA) is 77.7 Å². The molecule has 0 saturated carbocycles. The zero-order chi connectivity index (χ0) is 23.8. The lowest BCUT2D eigenvalue weighted by Crippen LogP contribution is -2.37. The van der Waals surface area contributed by atoms with E-state index in [1.807, 2.05) is 42.2 Å². The van der Waals surface area contributed by atoms with E-state index in [1.165, 1.54) is 11.3 Å². The minimum atomic E-state index is 0.0181. The third-order valence-electron chi connectivity index (χ3n) is 6.12. The molecule has 1 aliphatic rings. The van der Waals surface area contributed by atoms with Gasteiger partial charge in [0.05, 0.1) is 19.9 Å². The Kier molecular flexibility index (Phi) is 6.18. The maximum absolute atomic E-state index is 13.3. The molecule has 0 atom stereocenters. The summed E-state index contributed by atoms with van der Waals surface area (Å²) >= 11 is 7.47. The van der Waals surface area contributed by atoms with Gasteiger partial charge in [0.1, 0.15) is 15.4 Å². The van der Waals surface area contributed by atoms with Crippen molar-refractivity contribution in [1.29, 1.82) is 0 Å². The van der Waals surface area contributed by atoms with Crippen LogP contribution in [0.5, 0.6) is 11.5 Å². The minimum Gasteiger partial charge on any atom is -0.493 e. The lowest BCUT2D eigenvalue weighted by molar-refractivity contribution is 0.0710. The molecule has 7 nitrogen and oxygen atoms in total. The summed E-state index contributed by atoms with van der Waals surface area (Å²) in [4.78, 5) is 25.2. The third kappa shape index (κ3) is 4.23. The van der Waals surface area contributed by atoms with Crippen LogP contribution in [0.3, 0.4) is 0 Å². The molecular formula is C25H24ClN3O4S. The molecule has 0 spiro atoms. The normalized spacial score (nSPS) is 14.5. The summed E-state index contributed by atoms with van der Waals surface area (Å²) in [5, 5.41) is 1.42. The number of likely N-dealkylation sites (tertiary alicyclic amines) is 1. The average Bonchev–Trinajstić information content (AvgIpc) is 3.46. The number of thiazole rings is 1. The van der Waals surface area contributed by atoms with Crippen LogP contribution in [0.25, 0.3) is 21.7 Å². The lowest BCUT2D eigenvalue weighted by atomic mass is 9.96. The van der Waals surface area contributed by atoms with E-state index in [0.29, 0.717) is 40.4 Å². The van der Waals surface area contributed by atoms with Gasteiger partial charge in [-0.05, 0) is 56.2 Å². The molecule has 0 N–H and O–H groups in total. The van der Waals surface area contributed by atoms with Crippen LogP contribution < -0.4 is 9.47 Å². The van der Waals surface area contributed by atoms with Crippen molar-refractivity contribution in [3.05, 3.63) is 57.9 Å². The number of piperidine rings is 1. The van der Waals surface area contributed by atoms with Gasteiger partial charge in [-0.3, -0.25) is 4.79 Å². The molecule has 1 aliphatic heterocycles. The van der Waals surface area contributed by atoms with Crippen LogP contribution in [-0.2, 0) is 0 Å². The Balaban J connectivity index is 1.30. The van der Waals surface area contributed by atoms with Crippen molar-refractivity contribution in [2.75, 3.05) is 27.3 Å². The number of hydrogen-bond donors (Lipinski definition) is 0. The Morgan fingerprint density at radius 3 is 2.59 bits per heavy atom. The van der Waals surface area contributed by atoms with Gasteiger partial charge in [-0.2, -0.15) is 0 Å². The first kappa shape index (κ1) is 22.7. The summed E-state index contributed by atoms with van der Waals surface area (Å²) in [6.07, 6.45) is 1.60. The molecule has 5 rings (SSSR count). The summed E-state index contributed by atoms with van der Waals surface area (Å²) in [7, 11) is 3.20. The molecule has 0 aliphatic carbocycles. The van der Waals surface area contributed by atoms with Gasteiger partial charge in [0, 0.05) is 29.6 Å². The maximum atomic E-state index is 13.3. The van der Waals surface area contributed by atoms with E-state index in [2.05, 4.69) is 9.97 Å². The van der Waals surface area contributed by atoms with E-state index in [0.717, 1.165) is 40.2 Å². The Hall–Kier alpha value is -3.10. The van der Waals surface area contributed by atoms with E-state index in [-0.39, 0.29) is 11.8 Å². The molecule has 34 heavy (non-hydrogen) atoms. The smallest absolute Gasteiger partial charge is 0.265 e. The van der Waals surface area contributed by atoms with Crippen molar-refractivity contribution in [2.45, 2.75) is 25.7 Å². The van der Waals surface area contributed by atoms with Crippen LogP contribution in [0.15, 0.2) is 40.8 Å². The Bertz CT molecular complexity index is 1360. The van der Waals surface area contributed by atoms with E-state index < -0.39 is 0 Å². The van der Waals surface area contributed by atoms with E-state index >= 15 is 0 Å². The molecule has 3 heterocycles. The Labute approximate surface area is 206 Å². The number of nitrogens with zero attached hydrogens (tertiary/aromatic N) is 3. The molecule has 2 aromatic carbocycles. The molecule has 1 fully saturated rings. The summed E-state index contributed by atoms with van der Waals surface area (Å²) < 4.78 is 16.7. The highest BCUT2D eigenvalue weighted by Crippen LogP contribution is 2.36. The molecular weight excluding hydrogens is 474 g/mol. The van der Waals surface area contributed by atoms with Gasteiger partial charge in [0.25, 0.3) is 5.91 Å². The van der Waals surface area contributed by atoms with Crippen LogP contribution in [0.4, 0.5) is 0 Å². The highest BCUT2D eigenvalue weighted by molar-refractivity contribution is 7.17. The van der Waals surface area contributed by atoms with E-state index in [4.69, 9.17) is 25.5 Å². The highest BCUT2D eigenvalue weighted by atomic mass is 35.5. The SMILES string of the molecule is COc1ccc(-c2nc(C)c(C(=O)N3CCC(c4nc5cc(Cl)ccc5o4)CC3)s2)cc1OC.